The molecule has 1 atom stereocenters. The smallest absolute Gasteiger partial charge is 0.407 e. The zero-order valence-corrected chi connectivity index (χ0v) is 18.5. The van der Waals surface area contributed by atoms with Gasteiger partial charge in [0, 0.05) is 13.0 Å². The van der Waals surface area contributed by atoms with Crippen LogP contribution >= 0.6 is 0 Å². The summed E-state index contributed by atoms with van der Waals surface area (Å²) in [5.41, 5.74) is 2.53. The van der Waals surface area contributed by atoms with Crippen LogP contribution in [0.1, 0.15) is 44.4 Å². The average molecular weight is 430 g/mol. The second kappa shape index (κ2) is 12.0. The molecule has 2 rings (SSSR count). The zero-order valence-electron chi connectivity index (χ0n) is 18.5. The third kappa shape index (κ3) is 9.09. The van der Waals surface area contributed by atoms with Gasteiger partial charge >= 0.3 is 12.1 Å². The first-order valence-electron chi connectivity index (χ1n) is 10.3. The molecular formula is C24H31NO6. The number of aliphatic carboxylic acids is 1. The number of rotatable bonds is 11. The highest BCUT2D eigenvalue weighted by molar-refractivity contribution is 5.72. The van der Waals surface area contributed by atoms with E-state index in [4.69, 9.17) is 14.2 Å². The summed E-state index contributed by atoms with van der Waals surface area (Å²) >= 11 is 0. The van der Waals surface area contributed by atoms with Gasteiger partial charge < -0.3 is 24.6 Å². The molecule has 2 N–H and O–H groups in total. The van der Waals surface area contributed by atoms with Crippen LogP contribution in [0, 0.1) is 0 Å². The molecule has 0 aromatic heterocycles. The van der Waals surface area contributed by atoms with Gasteiger partial charge in [0.25, 0.3) is 0 Å². The Morgan fingerprint density at radius 1 is 0.935 bits per heavy atom. The van der Waals surface area contributed by atoms with E-state index in [-0.39, 0.29) is 31.8 Å². The second-order valence-electron chi connectivity index (χ2n) is 7.78. The van der Waals surface area contributed by atoms with Gasteiger partial charge in [-0.15, -0.1) is 0 Å². The van der Waals surface area contributed by atoms with Crippen LogP contribution in [0.25, 0.3) is 0 Å². The topological polar surface area (TPSA) is 94.1 Å². The molecular weight excluding hydrogens is 398 g/mol. The highest BCUT2D eigenvalue weighted by Crippen LogP contribution is 2.15. The van der Waals surface area contributed by atoms with Crippen molar-refractivity contribution in [1.29, 1.82) is 0 Å². The van der Waals surface area contributed by atoms with Crippen molar-refractivity contribution < 1.29 is 28.9 Å². The Morgan fingerprint density at radius 2 is 1.61 bits per heavy atom. The van der Waals surface area contributed by atoms with Crippen molar-refractivity contribution in [3.63, 3.8) is 0 Å². The molecule has 0 aliphatic heterocycles. The molecule has 0 aliphatic rings. The highest BCUT2D eigenvalue weighted by Gasteiger charge is 2.20. The maximum absolute atomic E-state index is 12.0. The fourth-order valence-corrected chi connectivity index (χ4v) is 2.91. The van der Waals surface area contributed by atoms with Crippen molar-refractivity contribution in [3.8, 4) is 5.75 Å². The van der Waals surface area contributed by atoms with Gasteiger partial charge in [-0.2, -0.15) is 0 Å². The number of carboxylic acid groups (broad SMARTS) is 1. The number of ether oxygens (including phenoxy) is 3. The number of benzene rings is 2. The Balaban J connectivity index is 1.82. The number of amides is 1. The first kappa shape index (κ1) is 24.2. The van der Waals surface area contributed by atoms with Crippen LogP contribution in [-0.4, -0.2) is 35.5 Å². The Hall–Kier alpha value is -3.06. The Labute approximate surface area is 183 Å². The molecule has 7 heteroatoms. The minimum atomic E-state index is -0.996. The number of hydrogen-bond donors (Lipinski definition) is 2. The van der Waals surface area contributed by atoms with E-state index in [9.17, 15) is 14.7 Å². The van der Waals surface area contributed by atoms with E-state index in [1.165, 1.54) is 0 Å². The van der Waals surface area contributed by atoms with Crippen LogP contribution < -0.4 is 10.1 Å². The normalized spacial score (nSPS) is 11.9. The molecule has 0 saturated carbocycles. The predicted octanol–water partition coefficient (Wildman–Crippen LogP) is 4.32. The summed E-state index contributed by atoms with van der Waals surface area (Å²) in [6, 6.07) is 14.8. The van der Waals surface area contributed by atoms with Crippen LogP contribution in [0.4, 0.5) is 4.79 Å². The summed E-state index contributed by atoms with van der Waals surface area (Å²) < 4.78 is 16.3. The Morgan fingerprint density at radius 3 is 2.23 bits per heavy atom. The van der Waals surface area contributed by atoms with E-state index >= 15 is 0 Å². The molecule has 0 aliphatic carbocycles. The van der Waals surface area contributed by atoms with Crippen LogP contribution in [0.5, 0.6) is 5.75 Å². The van der Waals surface area contributed by atoms with Crippen LogP contribution in [0.3, 0.4) is 0 Å². The van der Waals surface area contributed by atoms with E-state index in [0.717, 1.165) is 22.4 Å². The standard InChI is InChI=1S/C24H31NO6/c1-16(2)30-21-10-8-18(9-11-21)15-29-24(28)25-14-20-7-5-6-19(12-20)13-22(23(26)27)31-17(3)4/h5-12,16-17,22H,13-15H2,1-4H3,(H,25,28)(H,26,27)/t22-/m0/s1. The lowest BCUT2D eigenvalue weighted by Crippen LogP contribution is -2.29. The Bertz CT molecular complexity index is 847. The summed E-state index contributed by atoms with van der Waals surface area (Å²) in [6.45, 7) is 7.95. The summed E-state index contributed by atoms with van der Waals surface area (Å²) in [4.78, 5) is 23.4. The summed E-state index contributed by atoms with van der Waals surface area (Å²) in [6.07, 6.45) is -1.27. The molecule has 0 saturated heterocycles. The minimum Gasteiger partial charge on any atom is -0.491 e. The average Bonchev–Trinajstić information content (AvgIpc) is 2.71. The Kier molecular flexibility index (Phi) is 9.34. The van der Waals surface area contributed by atoms with E-state index in [2.05, 4.69) is 5.32 Å². The maximum atomic E-state index is 12.0. The zero-order chi connectivity index (χ0) is 22.8. The predicted molar refractivity (Wildman–Crippen MR) is 117 cm³/mol. The number of hydrogen-bond acceptors (Lipinski definition) is 5. The van der Waals surface area contributed by atoms with Crippen molar-refractivity contribution in [2.45, 2.75) is 65.6 Å². The summed E-state index contributed by atoms with van der Waals surface area (Å²) in [5, 5.41) is 12.0. The van der Waals surface area contributed by atoms with Crippen molar-refractivity contribution in [1.82, 2.24) is 5.32 Å². The fourth-order valence-electron chi connectivity index (χ4n) is 2.91. The van der Waals surface area contributed by atoms with Crippen LogP contribution in [0.2, 0.25) is 0 Å². The van der Waals surface area contributed by atoms with Gasteiger partial charge in [0.1, 0.15) is 12.4 Å². The summed E-state index contributed by atoms with van der Waals surface area (Å²) in [5.74, 6) is -0.225. The third-order valence-electron chi connectivity index (χ3n) is 4.23. The molecule has 0 unspecified atom stereocenters. The minimum absolute atomic E-state index is 0.101. The first-order valence-corrected chi connectivity index (χ1v) is 10.3. The number of carbonyl (C=O) groups excluding carboxylic acids is 1. The molecule has 0 fully saturated rings. The molecule has 7 nitrogen and oxygen atoms in total. The number of carbonyl (C=O) groups is 2. The van der Waals surface area contributed by atoms with E-state index in [1.807, 2.05) is 62.4 Å². The number of carboxylic acids is 1. The maximum Gasteiger partial charge on any atom is 0.407 e. The van der Waals surface area contributed by atoms with Gasteiger partial charge in [0.2, 0.25) is 0 Å². The molecule has 31 heavy (non-hydrogen) atoms. The molecule has 1 amide bonds. The number of alkyl carbamates (subject to hydrolysis) is 1. The van der Waals surface area contributed by atoms with Gasteiger partial charge in [0.05, 0.1) is 12.2 Å². The van der Waals surface area contributed by atoms with Crippen molar-refractivity contribution in [2.24, 2.45) is 0 Å². The SMILES string of the molecule is CC(C)Oc1ccc(COC(=O)NCc2cccc(C[C@H](OC(C)C)C(=O)O)c2)cc1. The lowest BCUT2D eigenvalue weighted by atomic mass is 10.0. The fraction of sp³-hybridized carbons (Fsp3) is 0.417. The second-order valence-corrected chi connectivity index (χ2v) is 7.78. The third-order valence-corrected chi connectivity index (χ3v) is 4.23. The van der Waals surface area contributed by atoms with Crippen LogP contribution in [0.15, 0.2) is 48.5 Å². The van der Waals surface area contributed by atoms with Gasteiger partial charge in [-0.3, -0.25) is 0 Å². The van der Waals surface area contributed by atoms with Crippen molar-refractivity contribution in [2.75, 3.05) is 0 Å². The lowest BCUT2D eigenvalue weighted by Gasteiger charge is -2.17. The van der Waals surface area contributed by atoms with E-state index in [0.29, 0.717) is 0 Å². The van der Waals surface area contributed by atoms with Gasteiger partial charge in [0.15, 0.2) is 6.10 Å². The molecule has 0 heterocycles. The van der Waals surface area contributed by atoms with Gasteiger partial charge in [-0.05, 0) is 56.5 Å². The quantitative estimate of drug-likeness (QED) is 0.552. The summed E-state index contributed by atoms with van der Waals surface area (Å²) in [7, 11) is 0. The van der Waals surface area contributed by atoms with Crippen LogP contribution in [-0.2, 0) is 33.8 Å². The lowest BCUT2D eigenvalue weighted by molar-refractivity contribution is -0.153. The molecule has 0 radical (unpaired) electrons. The highest BCUT2D eigenvalue weighted by atomic mass is 16.5. The first-order chi connectivity index (χ1) is 14.7. The molecule has 168 valence electrons. The number of nitrogens with one attached hydrogen (secondary N) is 1. The van der Waals surface area contributed by atoms with Crippen molar-refractivity contribution in [3.05, 3.63) is 65.2 Å². The molecule has 0 bridgehead atoms. The monoisotopic (exact) mass is 429 g/mol. The van der Waals surface area contributed by atoms with Gasteiger partial charge in [-0.25, -0.2) is 9.59 Å². The molecule has 2 aromatic carbocycles. The van der Waals surface area contributed by atoms with Crippen molar-refractivity contribution >= 4 is 12.1 Å². The van der Waals surface area contributed by atoms with E-state index in [1.54, 1.807) is 13.8 Å². The van der Waals surface area contributed by atoms with Gasteiger partial charge in [-0.1, -0.05) is 36.4 Å². The molecule has 2 aromatic rings. The largest absolute Gasteiger partial charge is 0.491 e. The molecule has 0 spiro atoms. The van der Waals surface area contributed by atoms with E-state index < -0.39 is 18.2 Å².